The zero-order valence-corrected chi connectivity index (χ0v) is 16.0. The van der Waals surface area contributed by atoms with E-state index in [0.29, 0.717) is 13.0 Å². The van der Waals surface area contributed by atoms with Crippen LogP contribution in [0.15, 0.2) is 42.5 Å². The molecule has 1 unspecified atom stereocenters. The molecular formula is C22H26N2O2. The van der Waals surface area contributed by atoms with Crippen LogP contribution in [-0.2, 0) is 16.0 Å². The summed E-state index contributed by atoms with van der Waals surface area (Å²) in [6.07, 6.45) is 1.20. The van der Waals surface area contributed by atoms with E-state index >= 15 is 0 Å². The lowest BCUT2D eigenvalue weighted by Gasteiger charge is -2.26. The Morgan fingerprint density at radius 2 is 1.85 bits per heavy atom. The first-order chi connectivity index (χ1) is 12.4. The van der Waals surface area contributed by atoms with Crippen molar-refractivity contribution in [3.8, 4) is 0 Å². The second-order valence-electron chi connectivity index (χ2n) is 7.13. The Balaban J connectivity index is 1.74. The van der Waals surface area contributed by atoms with Crippen LogP contribution in [0.2, 0.25) is 0 Å². The molecule has 0 N–H and O–H groups in total. The lowest BCUT2D eigenvalue weighted by molar-refractivity contribution is -0.119. The van der Waals surface area contributed by atoms with Gasteiger partial charge >= 0.3 is 0 Å². The van der Waals surface area contributed by atoms with E-state index in [9.17, 15) is 9.59 Å². The molecule has 4 heteroatoms. The van der Waals surface area contributed by atoms with Gasteiger partial charge in [-0.1, -0.05) is 24.3 Å². The standard InChI is InChI=1S/C22H26N2O2/c1-15-9-10-20(13-16(15)2)23(18(4)25)12-11-22(26)24-17(3)14-19-7-5-6-8-21(19)24/h5-10,13,17H,11-12,14H2,1-4H3. The van der Waals surface area contributed by atoms with Crippen LogP contribution in [0.1, 0.15) is 37.0 Å². The van der Waals surface area contributed by atoms with Gasteiger partial charge in [0, 0.05) is 37.3 Å². The number of rotatable bonds is 4. The van der Waals surface area contributed by atoms with Crippen LogP contribution in [0.25, 0.3) is 0 Å². The summed E-state index contributed by atoms with van der Waals surface area (Å²) in [6.45, 7) is 8.09. The second kappa shape index (κ2) is 7.32. The minimum absolute atomic E-state index is 0.0454. The minimum atomic E-state index is -0.0454. The van der Waals surface area contributed by atoms with Gasteiger partial charge in [-0.25, -0.2) is 0 Å². The molecule has 2 amide bonds. The molecule has 2 aromatic rings. The molecule has 0 fully saturated rings. The Kier molecular flexibility index (Phi) is 5.12. The third kappa shape index (κ3) is 3.50. The highest BCUT2D eigenvalue weighted by Gasteiger charge is 2.30. The summed E-state index contributed by atoms with van der Waals surface area (Å²) in [5.41, 5.74) is 5.40. The van der Waals surface area contributed by atoms with Gasteiger partial charge in [-0.3, -0.25) is 9.59 Å². The lowest BCUT2D eigenvalue weighted by Crippen LogP contribution is -2.39. The first kappa shape index (κ1) is 18.2. The van der Waals surface area contributed by atoms with E-state index in [1.807, 2.05) is 55.1 Å². The van der Waals surface area contributed by atoms with E-state index in [1.165, 1.54) is 11.1 Å². The van der Waals surface area contributed by atoms with Gasteiger partial charge in [0.25, 0.3) is 0 Å². The van der Waals surface area contributed by atoms with E-state index in [1.54, 1.807) is 11.8 Å². The summed E-state index contributed by atoms with van der Waals surface area (Å²) >= 11 is 0. The van der Waals surface area contributed by atoms with Gasteiger partial charge < -0.3 is 9.80 Å². The Bertz CT molecular complexity index is 844. The molecule has 0 saturated heterocycles. The highest BCUT2D eigenvalue weighted by molar-refractivity contribution is 5.98. The van der Waals surface area contributed by atoms with Gasteiger partial charge in [-0.05, 0) is 62.1 Å². The van der Waals surface area contributed by atoms with Crippen molar-refractivity contribution in [3.05, 3.63) is 59.2 Å². The van der Waals surface area contributed by atoms with Gasteiger partial charge in [0.2, 0.25) is 11.8 Å². The largest absolute Gasteiger partial charge is 0.312 e. The molecule has 4 nitrogen and oxygen atoms in total. The van der Waals surface area contributed by atoms with Crippen molar-refractivity contribution in [2.24, 2.45) is 0 Å². The Labute approximate surface area is 155 Å². The number of fused-ring (bicyclic) bond motifs is 1. The van der Waals surface area contributed by atoms with Crippen molar-refractivity contribution in [2.75, 3.05) is 16.3 Å². The molecule has 1 aliphatic heterocycles. The van der Waals surface area contributed by atoms with E-state index in [-0.39, 0.29) is 17.9 Å². The molecule has 1 heterocycles. The molecule has 0 radical (unpaired) electrons. The predicted octanol–water partition coefficient (Wildman–Crippen LogP) is 4.02. The number of benzene rings is 2. The number of amides is 2. The fourth-order valence-electron chi connectivity index (χ4n) is 3.64. The molecule has 136 valence electrons. The third-order valence-electron chi connectivity index (χ3n) is 5.21. The van der Waals surface area contributed by atoms with Gasteiger partial charge in [-0.15, -0.1) is 0 Å². The maximum absolute atomic E-state index is 12.9. The second-order valence-corrected chi connectivity index (χ2v) is 7.13. The van der Waals surface area contributed by atoms with E-state index < -0.39 is 0 Å². The number of carbonyl (C=O) groups excluding carboxylic acids is 2. The van der Waals surface area contributed by atoms with Gasteiger partial charge in [0.05, 0.1) is 0 Å². The summed E-state index contributed by atoms with van der Waals surface area (Å²) in [5, 5.41) is 0. The molecule has 0 aromatic heterocycles. The van der Waals surface area contributed by atoms with E-state index in [2.05, 4.69) is 13.0 Å². The van der Waals surface area contributed by atoms with Crippen LogP contribution >= 0.6 is 0 Å². The van der Waals surface area contributed by atoms with Crippen LogP contribution in [0.5, 0.6) is 0 Å². The average Bonchev–Trinajstić information content (AvgIpc) is 2.93. The summed E-state index contributed by atoms with van der Waals surface area (Å²) in [6, 6.07) is 14.2. The SMILES string of the molecule is CC(=O)N(CCC(=O)N1c2ccccc2CC1C)c1ccc(C)c(C)c1. The number of carbonyl (C=O) groups is 2. The minimum Gasteiger partial charge on any atom is -0.312 e. The Hall–Kier alpha value is -2.62. The summed E-state index contributed by atoms with van der Waals surface area (Å²) in [5.74, 6) is 0.0217. The van der Waals surface area contributed by atoms with Crippen LogP contribution in [0, 0.1) is 13.8 Å². The average molecular weight is 350 g/mol. The van der Waals surface area contributed by atoms with Crippen LogP contribution in [-0.4, -0.2) is 24.4 Å². The van der Waals surface area contributed by atoms with Gasteiger partial charge in [-0.2, -0.15) is 0 Å². The zero-order valence-electron chi connectivity index (χ0n) is 16.0. The predicted molar refractivity (Wildman–Crippen MR) is 106 cm³/mol. The molecule has 1 atom stereocenters. The number of hydrogen-bond acceptors (Lipinski definition) is 2. The molecular weight excluding hydrogens is 324 g/mol. The molecule has 1 aliphatic rings. The monoisotopic (exact) mass is 350 g/mol. The molecule has 3 rings (SSSR count). The number of para-hydroxylation sites is 1. The van der Waals surface area contributed by atoms with Crippen molar-refractivity contribution in [1.29, 1.82) is 0 Å². The summed E-state index contributed by atoms with van der Waals surface area (Å²) in [4.78, 5) is 28.6. The fraction of sp³-hybridized carbons (Fsp3) is 0.364. The van der Waals surface area contributed by atoms with E-state index in [4.69, 9.17) is 0 Å². The first-order valence-corrected chi connectivity index (χ1v) is 9.14. The van der Waals surface area contributed by atoms with E-state index in [0.717, 1.165) is 23.4 Å². The topological polar surface area (TPSA) is 40.6 Å². The number of aryl methyl sites for hydroxylation is 2. The Morgan fingerprint density at radius 1 is 1.12 bits per heavy atom. The molecule has 0 aliphatic carbocycles. The lowest BCUT2D eigenvalue weighted by atomic mass is 10.1. The summed E-state index contributed by atoms with van der Waals surface area (Å²) < 4.78 is 0. The van der Waals surface area contributed by atoms with Crippen molar-refractivity contribution >= 4 is 23.2 Å². The quantitative estimate of drug-likeness (QED) is 0.835. The molecule has 0 saturated carbocycles. The molecule has 2 aromatic carbocycles. The third-order valence-corrected chi connectivity index (χ3v) is 5.21. The highest BCUT2D eigenvalue weighted by atomic mass is 16.2. The number of anilines is 2. The normalized spacial score (nSPS) is 15.7. The fourth-order valence-corrected chi connectivity index (χ4v) is 3.64. The van der Waals surface area contributed by atoms with Crippen molar-refractivity contribution in [1.82, 2.24) is 0 Å². The maximum atomic E-state index is 12.9. The maximum Gasteiger partial charge on any atom is 0.229 e. The molecule has 0 bridgehead atoms. The van der Waals surface area contributed by atoms with Crippen molar-refractivity contribution in [2.45, 2.75) is 46.6 Å². The van der Waals surface area contributed by atoms with Crippen LogP contribution in [0.3, 0.4) is 0 Å². The first-order valence-electron chi connectivity index (χ1n) is 9.14. The number of nitrogens with zero attached hydrogens (tertiary/aromatic N) is 2. The summed E-state index contributed by atoms with van der Waals surface area (Å²) in [7, 11) is 0. The highest BCUT2D eigenvalue weighted by Crippen LogP contribution is 2.32. The van der Waals surface area contributed by atoms with Crippen molar-refractivity contribution in [3.63, 3.8) is 0 Å². The van der Waals surface area contributed by atoms with Gasteiger partial charge in [0.1, 0.15) is 0 Å². The zero-order chi connectivity index (χ0) is 18.8. The molecule has 0 spiro atoms. The van der Waals surface area contributed by atoms with Gasteiger partial charge in [0.15, 0.2) is 0 Å². The van der Waals surface area contributed by atoms with Crippen molar-refractivity contribution < 1.29 is 9.59 Å². The Morgan fingerprint density at radius 3 is 2.54 bits per heavy atom. The van der Waals surface area contributed by atoms with Crippen LogP contribution in [0.4, 0.5) is 11.4 Å². The molecule has 26 heavy (non-hydrogen) atoms. The smallest absolute Gasteiger partial charge is 0.229 e. The van der Waals surface area contributed by atoms with Crippen LogP contribution < -0.4 is 9.80 Å². The number of hydrogen-bond donors (Lipinski definition) is 0.